The third kappa shape index (κ3) is 4.01. The molecule has 1 saturated heterocycles. The Hall–Kier alpha value is -1.11. The number of hydrogen-bond donors (Lipinski definition) is 0. The SMILES string of the molecule is Cc1c(Cl)ccc(S(=O)(=O)N2CCN(Cc3ccccc3)CC2)c1Cl. The standard InChI is InChI=1S/C18H20Cl2N2O2S/c1-14-16(19)7-8-17(18(14)20)25(23,24)22-11-9-21(10-12-22)13-15-5-3-2-4-6-15/h2-8H,9-13H2,1H3. The van der Waals surface area contributed by atoms with Crippen LogP contribution in [0.2, 0.25) is 10.0 Å². The minimum absolute atomic E-state index is 0.132. The van der Waals surface area contributed by atoms with Crippen LogP contribution in [-0.4, -0.2) is 43.8 Å². The molecule has 0 aromatic heterocycles. The third-order valence-electron chi connectivity index (χ3n) is 4.48. The number of rotatable bonds is 4. The lowest BCUT2D eigenvalue weighted by Crippen LogP contribution is -2.48. The first-order chi connectivity index (χ1) is 11.9. The summed E-state index contributed by atoms with van der Waals surface area (Å²) in [6, 6.07) is 13.3. The molecule has 0 amide bonds. The first-order valence-electron chi connectivity index (χ1n) is 8.10. The van der Waals surface area contributed by atoms with Crippen molar-refractivity contribution in [1.82, 2.24) is 9.21 Å². The zero-order chi connectivity index (χ0) is 18.0. The highest BCUT2D eigenvalue weighted by atomic mass is 35.5. The van der Waals surface area contributed by atoms with Crippen LogP contribution in [0.1, 0.15) is 11.1 Å². The average molecular weight is 399 g/mol. The summed E-state index contributed by atoms with van der Waals surface area (Å²) in [6.07, 6.45) is 0. The van der Waals surface area contributed by atoms with E-state index in [2.05, 4.69) is 17.0 Å². The van der Waals surface area contributed by atoms with Gasteiger partial charge in [0.15, 0.2) is 0 Å². The molecule has 2 aromatic carbocycles. The Bertz CT molecular complexity index is 849. The number of sulfonamides is 1. The normalized spacial score (nSPS) is 16.9. The molecule has 1 aliphatic heterocycles. The van der Waals surface area contributed by atoms with Gasteiger partial charge in [-0.05, 0) is 30.2 Å². The Balaban J connectivity index is 1.71. The van der Waals surface area contributed by atoms with Crippen LogP contribution in [0.3, 0.4) is 0 Å². The largest absolute Gasteiger partial charge is 0.296 e. The van der Waals surface area contributed by atoms with Gasteiger partial charge in [-0.3, -0.25) is 4.90 Å². The van der Waals surface area contributed by atoms with Gasteiger partial charge >= 0.3 is 0 Å². The lowest BCUT2D eigenvalue weighted by Gasteiger charge is -2.34. The van der Waals surface area contributed by atoms with E-state index in [0.717, 1.165) is 6.54 Å². The van der Waals surface area contributed by atoms with E-state index in [4.69, 9.17) is 23.2 Å². The highest BCUT2D eigenvalue weighted by Crippen LogP contribution is 2.32. The molecule has 7 heteroatoms. The molecule has 4 nitrogen and oxygen atoms in total. The van der Waals surface area contributed by atoms with E-state index < -0.39 is 10.0 Å². The lowest BCUT2D eigenvalue weighted by molar-refractivity contribution is 0.181. The van der Waals surface area contributed by atoms with Crippen molar-refractivity contribution in [2.24, 2.45) is 0 Å². The second-order valence-corrected chi connectivity index (χ2v) is 8.84. The Labute approximate surface area is 159 Å². The van der Waals surface area contributed by atoms with Crippen molar-refractivity contribution in [3.8, 4) is 0 Å². The number of hydrogen-bond acceptors (Lipinski definition) is 3. The molecule has 134 valence electrons. The summed E-state index contributed by atoms with van der Waals surface area (Å²) < 4.78 is 27.3. The monoisotopic (exact) mass is 398 g/mol. The van der Waals surface area contributed by atoms with Gasteiger partial charge in [-0.1, -0.05) is 53.5 Å². The summed E-state index contributed by atoms with van der Waals surface area (Å²) in [4.78, 5) is 2.39. The van der Waals surface area contributed by atoms with Gasteiger partial charge in [-0.25, -0.2) is 8.42 Å². The maximum Gasteiger partial charge on any atom is 0.244 e. The van der Waals surface area contributed by atoms with Crippen molar-refractivity contribution < 1.29 is 8.42 Å². The second kappa shape index (κ2) is 7.64. The van der Waals surface area contributed by atoms with Crippen molar-refractivity contribution in [1.29, 1.82) is 0 Å². The van der Waals surface area contributed by atoms with E-state index in [-0.39, 0.29) is 9.92 Å². The van der Waals surface area contributed by atoms with Crippen LogP contribution >= 0.6 is 23.2 Å². The predicted octanol–water partition coefficient (Wildman–Crippen LogP) is 3.81. The van der Waals surface area contributed by atoms with Gasteiger partial charge in [-0.2, -0.15) is 4.31 Å². The summed E-state index contributed by atoms with van der Waals surface area (Å²) in [5, 5.41) is 0.677. The molecule has 0 N–H and O–H groups in total. The minimum atomic E-state index is -3.61. The molecule has 0 unspecified atom stereocenters. The molecular weight excluding hydrogens is 379 g/mol. The number of piperazine rings is 1. The van der Waals surface area contributed by atoms with Gasteiger partial charge in [0.25, 0.3) is 0 Å². The molecule has 3 rings (SSSR count). The molecule has 0 saturated carbocycles. The van der Waals surface area contributed by atoms with Crippen molar-refractivity contribution in [3.05, 3.63) is 63.6 Å². The minimum Gasteiger partial charge on any atom is -0.296 e. The summed E-state index contributed by atoms with van der Waals surface area (Å²) in [7, 11) is -3.61. The van der Waals surface area contributed by atoms with Crippen LogP contribution < -0.4 is 0 Å². The zero-order valence-electron chi connectivity index (χ0n) is 14.0. The summed E-state index contributed by atoms with van der Waals surface area (Å²) >= 11 is 12.3. The van der Waals surface area contributed by atoms with Gasteiger partial charge in [0.1, 0.15) is 4.90 Å². The van der Waals surface area contributed by atoms with E-state index in [1.165, 1.54) is 15.9 Å². The van der Waals surface area contributed by atoms with E-state index in [0.29, 0.717) is 36.8 Å². The lowest BCUT2D eigenvalue weighted by atomic mass is 10.2. The molecule has 0 radical (unpaired) electrons. The fourth-order valence-corrected chi connectivity index (χ4v) is 5.15. The van der Waals surface area contributed by atoms with Crippen molar-refractivity contribution in [2.45, 2.75) is 18.4 Å². The van der Waals surface area contributed by atoms with Crippen molar-refractivity contribution in [3.63, 3.8) is 0 Å². The molecule has 0 spiro atoms. The van der Waals surface area contributed by atoms with Crippen LogP contribution in [0.25, 0.3) is 0 Å². The quantitative estimate of drug-likeness (QED) is 0.785. The van der Waals surface area contributed by atoms with Gasteiger partial charge in [0.2, 0.25) is 10.0 Å². The van der Waals surface area contributed by atoms with Crippen LogP contribution in [0, 0.1) is 6.92 Å². The van der Waals surface area contributed by atoms with Crippen LogP contribution in [0.15, 0.2) is 47.4 Å². The Morgan fingerprint density at radius 3 is 2.24 bits per heavy atom. The first kappa shape index (κ1) is 18.7. The van der Waals surface area contributed by atoms with Crippen LogP contribution in [0.5, 0.6) is 0 Å². The molecule has 1 heterocycles. The average Bonchev–Trinajstić information content (AvgIpc) is 2.61. The van der Waals surface area contributed by atoms with E-state index >= 15 is 0 Å². The predicted molar refractivity (Wildman–Crippen MR) is 102 cm³/mol. The van der Waals surface area contributed by atoms with E-state index in [9.17, 15) is 8.42 Å². The Morgan fingerprint density at radius 1 is 0.960 bits per heavy atom. The summed E-state index contributed by atoms with van der Waals surface area (Å²) in [5.41, 5.74) is 1.82. The fourth-order valence-electron chi connectivity index (χ4n) is 2.94. The Kier molecular flexibility index (Phi) is 5.71. The van der Waals surface area contributed by atoms with Crippen molar-refractivity contribution in [2.75, 3.05) is 26.2 Å². The first-order valence-corrected chi connectivity index (χ1v) is 10.3. The molecule has 1 fully saturated rings. The molecule has 2 aromatic rings. The number of halogens is 2. The van der Waals surface area contributed by atoms with E-state index in [1.54, 1.807) is 13.0 Å². The van der Waals surface area contributed by atoms with Crippen LogP contribution in [-0.2, 0) is 16.6 Å². The van der Waals surface area contributed by atoms with E-state index in [1.807, 2.05) is 18.2 Å². The number of nitrogens with zero attached hydrogens (tertiary/aromatic N) is 2. The maximum atomic E-state index is 12.9. The molecule has 1 aliphatic rings. The van der Waals surface area contributed by atoms with Gasteiger partial charge in [0, 0.05) is 37.7 Å². The van der Waals surface area contributed by atoms with Crippen LogP contribution in [0.4, 0.5) is 0 Å². The molecule has 0 aliphatic carbocycles. The summed E-state index contributed by atoms with van der Waals surface area (Å²) in [6.45, 7) is 4.84. The molecular formula is C18H20Cl2N2O2S. The molecule has 25 heavy (non-hydrogen) atoms. The topological polar surface area (TPSA) is 40.6 Å². The summed E-state index contributed by atoms with van der Waals surface area (Å²) in [5.74, 6) is 0. The highest BCUT2D eigenvalue weighted by molar-refractivity contribution is 7.89. The van der Waals surface area contributed by atoms with Crippen molar-refractivity contribution >= 4 is 33.2 Å². The number of benzene rings is 2. The Morgan fingerprint density at radius 2 is 1.60 bits per heavy atom. The van der Waals surface area contributed by atoms with Gasteiger partial charge in [-0.15, -0.1) is 0 Å². The smallest absolute Gasteiger partial charge is 0.244 e. The maximum absolute atomic E-state index is 12.9. The molecule has 0 atom stereocenters. The fraction of sp³-hybridized carbons (Fsp3) is 0.333. The highest BCUT2D eigenvalue weighted by Gasteiger charge is 2.30. The molecule has 0 bridgehead atoms. The zero-order valence-corrected chi connectivity index (χ0v) is 16.3. The van der Waals surface area contributed by atoms with Gasteiger partial charge < -0.3 is 0 Å². The van der Waals surface area contributed by atoms with Gasteiger partial charge in [0.05, 0.1) is 5.02 Å². The third-order valence-corrected chi connectivity index (χ3v) is 7.43. The second-order valence-electron chi connectivity index (χ2n) is 6.15.